The third kappa shape index (κ3) is 6.16. The summed E-state index contributed by atoms with van der Waals surface area (Å²) in [6, 6.07) is 92.3. The maximum absolute atomic E-state index is 5.77. The van der Waals surface area contributed by atoms with Crippen molar-refractivity contribution in [2.75, 3.05) is 9.80 Å². The lowest BCUT2D eigenvalue weighted by Gasteiger charge is -2.43. The molecule has 12 aromatic rings. The summed E-state index contributed by atoms with van der Waals surface area (Å²) in [4.78, 5) is 10.7. The molecule has 0 amide bonds. The van der Waals surface area contributed by atoms with E-state index in [0.717, 1.165) is 62.6 Å². The van der Waals surface area contributed by atoms with E-state index in [2.05, 4.69) is 274 Å². The van der Waals surface area contributed by atoms with Crippen LogP contribution in [0.2, 0.25) is 0 Å². The summed E-state index contributed by atoms with van der Waals surface area (Å²) in [5, 5.41) is 2.48. The molecule has 6 heteroatoms. The second-order valence-corrected chi connectivity index (χ2v) is 17.9. The number of rotatable bonds is 7. The van der Waals surface area contributed by atoms with Crippen LogP contribution in [0.1, 0.15) is 0 Å². The molecule has 0 aliphatic carbocycles. The molecule has 0 atom stereocenters. The average Bonchev–Trinajstić information content (AvgIpc) is 3.99. The SMILES string of the molecule is c1ccc(-c2ccc(N3c4cc(-n5c6ccccc6c6ccccc65)ccc4B4c5c3cccc5N(c3ccc(-c5ccccc5)cc3)c3nc(-c5ccccc5)n(-c5ccccc5)c34)cc2)cc1. The van der Waals surface area contributed by atoms with Gasteiger partial charge in [0.05, 0.1) is 11.0 Å². The van der Waals surface area contributed by atoms with Crippen molar-refractivity contribution in [3.05, 3.63) is 255 Å². The molecule has 0 unspecified atom stereocenters. The third-order valence-corrected chi connectivity index (χ3v) is 14.1. The van der Waals surface area contributed by atoms with Gasteiger partial charge in [0.15, 0.2) is 5.82 Å². The Balaban J connectivity index is 1.06. The molecule has 5 nitrogen and oxygen atoms in total. The highest BCUT2D eigenvalue weighted by molar-refractivity contribution is 7.00. The monoisotopic (exact) mass is 879 g/mol. The van der Waals surface area contributed by atoms with Crippen LogP contribution in [0.15, 0.2) is 255 Å². The maximum atomic E-state index is 5.77. The first kappa shape index (κ1) is 39.1. The fourth-order valence-electron chi connectivity index (χ4n) is 11.1. The van der Waals surface area contributed by atoms with Crippen LogP contribution in [0.4, 0.5) is 34.3 Å². The predicted octanol–water partition coefficient (Wildman–Crippen LogP) is 14.1. The maximum Gasteiger partial charge on any atom is 0.275 e. The Morgan fingerprint density at radius 1 is 0.319 bits per heavy atom. The molecular formula is C63H42BN5. The van der Waals surface area contributed by atoms with E-state index in [1.165, 1.54) is 55.0 Å². The van der Waals surface area contributed by atoms with E-state index in [9.17, 15) is 0 Å². The van der Waals surface area contributed by atoms with Gasteiger partial charge in [-0.05, 0) is 106 Å². The lowest BCUT2D eigenvalue weighted by atomic mass is 9.35. The summed E-state index contributed by atoms with van der Waals surface area (Å²) in [6.07, 6.45) is 0. The number of nitrogens with zero attached hydrogens (tertiary/aromatic N) is 5. The van der Waals surface area contributed by atoms with Gasteiger partial charge in [-0.25, -0.2) is 4.98 Å². The van der Waals surface area contributed by atoms with Crippen molar-refractivity contribution in [3.63, 3.8) is 0 Å². The van der Waals surface area contributed by atoms with Crippen LogP contribution in [-0.2, 0) is 0 Å². The Morgan fingerprint density at radius 3 is 1.36 bits per heavy atom. The van der Waals surface area contributed by atoms with Crippen LogP contribution in [0.3, 0.4) is 0 Å². The summed E-state index contributed by atoms with van der Waals surface area (Å²) in [5.74, 6) is 1.81. The molecular weight excluding hydrogens is 838 g/mol. The summed E-state index contributed by atoms with van der Waals surface area (Å²) in [6.45, 7) is -0.182. The predicted molar refractivity (Wildman–Crippen MR) is 288 cm³/mol. The zero-order valence-corrected chi connectivity index (χ0v) is 37.6. The lowest BCUT2D eigenvalue weighted by molar-refractivity contribution is 1.09. The van der Waals surface area contributed by atoms with Crippen LogP contribution >= 0.6 is 0 Å². The highest BCUT2D eigenvalue weighted by atomic mass is 15.3. The molecule has 322 valence electrons. The zero-order chi connectivity index (χ0) is 45.4. The fourth-order valence-corrected chi connectivity index (χ4v) is 11.1. The van der Waals surface area contributed by atoms with E-state index in [0.29, 0.717) is 0 Å². The lowest BCUT2D eigenvalue weighted by Crippen LogP contribution is -2.63. The average molecular weight is 880 g/mol. The number of benzene rings is 10. The molecule has 2 aromatic heterocycles. The Bertz CT molecular complexity index is 3830. The van der Waals surface area contributed by atoms with Crippen molar-refractivity contribution >= 4 is 79.3 Å². The first-order chi connectivity index (χ1) is 34.3. The summed E-state index contributed by atoms with van der Waals surface area (Å²) < 4.78 is 4.86. The second-order valence-electron chi connectivity index (χ2n) is 17.9. The van der Waals surface area contributed by atoms with Crippen molar-refractivity contribution in [2.45, 2.75) is 0 Å². The number of aromatic nitrogens is 3. The van der Waals surface area contributed by atoms with Crippen molar-refractivity contribution in [2.24, 2.45) is 0 Å². The summed E-state index contributed by atoms with van der Waals surface area (Å²) in [7, 11) is 0. The molecule has 4 heterocycles. The van der Waals surface area contributed by atoms with E-state index < -0.39 is 0 Å². The second kappa shape index (κ2) is 15.8. The highest BCUT2D eigenvalue weighted by Gasteiger charge is 2.47. The van der Waals surface area contributed by atoms with Crippen LogP contribution in [0.5, 0.6) is 0 Å². The normalized spacial score (nSPS) is 12.6. The Kier molecular flexibility index (Phi) is 8.92. The molecule has 2 aliphatic rings. The van der Waals surface area contributed by atoms with Gasteiger partial charge in [-0.15, -0.1) is 0 Å². The van der Waals surface area contributed by atoms with Gasteiger partial charge in [-0.1, -0.05) is 182 Å². The first-order valence-electron chi connectivity index (χ1n) is 23.7. The first-order valence-corrected chi connectivity index (χ1v) is 23.7. The standard InChI is InChI=1S/C63H42BN5/c1-5-18-43(19-6-1)45-32-36-49(37-33-45)66-57-30-17-31-58-60(57)64(54-41-40-51(42-59(54)66)67-55-28-15-13-26-52(55)53-27-14-16-29-56(53)67)61-63(68(58)50-38-34-46(35-39-50)44-20-7-2-8-21-44)65-62(47-22-9-3-10-23-47)69(61)48-24-11-4-12-25-48/h1-42H. The van der Waals surface area contributed by atoms with E-state index >= 15 is 0 Å². The number of hydrogen-bond acceptors (Lipinski definition) is 3. The van der Waals surface area contributed by atoms with Crippen molar-refractivity contribution in [1.29, 1.82) is 0 Å². The molecule has 0 bridgehead atoms. The number of para-hydroxylation sites is 3. The minimum absolute atomic E-state index is 0.182. The van der Waals surface area contributed by atoms with Gasteiger partial charge < -0.3 is 14.0 Å². The highest BCUT2D eigenvalue weighted by Crippen LogP contribution is 2.46. The smallest absolute Gasteiger partial charge is 0.275 e. The van der Waals surface area contributed by atoms with Gasteiger partial charge in [0.2, 0.25) is 0 Å². The Labute approximate surface area is 401 Å². The van der Waals surface area contributed by atoms with Gasteiger partial charge in [0.25, 0.3) is 6.71 Å². The number of anilines is 6. The van der Waals surface area contributed by atoms with E-state index in [1.807, 2.05) is 0 Å². The van der Waals surface area contributed by atoms with Gasteiger partial charge in [0.1, 0.15) is 5.82 Å². The summed E-state index contributed by atoms with van der Waals surface area (Å²) in [5.41, 5.74) is 19.4. The number of fused-ring (bicyclic) bond motifs is 7. The van der Waals surface area contributed by atoms with Crippen LogP contribution in [0.25, 0.3) is 66.8 Å². The molecule has 0 spiro atoms. The zero-order valence-electron chi connectivity index (χ0n) is 37.6. The third-order valence-electron chi connectivity index (χ3n) is 14.1. The van der Waals surface area contributed by atoms with Gasteiger partial charge in [-0.3, -0.25) is 4.90 Å². The van der Waals surface area contributed by atoms with Gasteiger partial charge in [-0.2, -0.15) is 0 Å². The van der Waals surface area contributed by atoms with Gasteiger partial charge in [0, 0.05) is 61.7 Å². The molecule has 0 radical (unpaired) electrons. The van der Waals surface area contributed by atoms with Crippen LogP contribution < -0.4 is 26.3 Å². The molecule has 2 aliphatic heterocycles. The molecule has 0 fully saturated rings. The number of hydrogen-bond donors (Lipinski definition) is 0. The molecule has 0 saturated heterocycles. The van der Waals surface area contributed by atoms with E-state index in [4.69, 9.17) is 4.98 Å². The molecule has 0 N–H and O–H groups in total. The molecule has 0 saturated carbocycles. The van der Waals surface area contributed by atoms with E-state index in [-0.39, 0.29) is 6.71 Å². The largest absolute Gasteiger partial charge is 0.311 e. The Hall–Kier alpha value is -9.13. The van der Waals surface area contributed by atoms with Gasteiger partial charge >= 0.3 is 0 Å². The topological polar surface area (TPSA) is 29.2 Å². The van der Waals surface area contributed by atoms with Crippen LogP contribution in [0, 0.1) is 0 Å². The van der Waals surface area contributed by atoms with E-state index in [1.54, 1.807) is 0 Å². The minimum Gasteiger partial charge on any atom is -0.311 e. The molecule has 10 aromatic carbocycles. The number of imidazole rings is 1. The van der Waals surface area contributed by atoms with Crippen molar-refractivity contribution in [1.82, 2.24) is 14.1 Å². The molecule has 69 heavy (non-hydrogen) atoms. The van der Waals surface area contributed by atoms with Crippen molar-refractivity contribution in [3.8, 4) is 45.0 Å². The molecule has 14 rings (SSSR count). The summed E-state index contributed by atoms with van der Waals surface area (Å²) >= 11 is 0. The fraction of sp³-hybridized carbons (Fsp3) is 0. The Morgan fingerprint density at radius 2 is 0.783 bits per heavy atom. The van der Waals surface area contributed by atoms with Crippen molar-refractivity contribution < 1.29 is 0 Å². The minimum atomic E-state index is -0.182. The quantitative estimate of drug-likeness (QED) is 0.149. The van der Waals surface area contributed by atoms with Crippen LogP contribution in [-0.4, -0.2) is 20.8 Å².